The lowest BCUT2D eigenvalue weighted by Gasteiger charge is -2.16. The zero-order chi connectivity index (χ0) is 18.8. The van der Waals surface area contributed by atoms with E-state index in [1.165, 1.54) is 0 Å². The van der Waals surface area contributed by atoms with Gasteiger partial charge in [0.15, 0.2) is 5.82 Å². The molecular weight excluding hydrogens is 344 g/mol. The highest BCUT2D eigenvalue weighted by Crippen LogP contribution is 2.24. The summed E-state index contributed by atoms with van der Waals surface area (Å²) in [6.07, 6.45) is 1.40. The topological polar surface area (TPSA) is 93.0 Å². The molecule has 1 aromatic heterocycles. The van der Waals surface area contributed by atoms with E-state index in [0.717, 1.165) is 17.7 Å². The number of carbonyl (C=O) groups excluding carboxylic acids is 2. The van der Waals surface area contributed by atoms with Crippen LogP contribution in [0.3, 0.4) is 0 Å². The Bertz CT molecular complexity index is 1010. The van der Waals surface area contributed by atoms with E-state index < -0.39 is 0 Å². The van der Waals surface area contributed by atoms with Gasteiger partial charge in [-0.2, -0.15) is 0 Å². The molecule has 2 heterocycles. The maximum absolute atomic E-state index is 12.7. The second kappa shape index (κ2) is 6.99. The SMILES string of the molecule is Cn1nnnc1-c1cccc(NC(=O)c2cccc(N3CCCC3=O)c2)c1. The molecule has 1 fully saturated rings. The van der Waals surface area contributed by atoms with E-state index in [9.17, 15) is 9.59 Å². The molecule has 0 saturated carbocycles. The first kappa shape index (κ1) is 16.9. The number of carbonyl (C=O) groups is 2. The Kier molecular flexibility index (Phi) is 4.37. The number of aromatic nitrogens is 4. The van der Waals surface area contributed by atoms with Crippen LogP contribution in [0.1, 0.15) is 23.2 Å². The Morgan fingerprint density at radius 2 is 2.00 bits per heavy atom. The summed E-state index contributed by atoms with van der Waals surface area (Å²) >= 11 is 0. The molecule has 0 radical (unpaired) electrons. The number of benzene rings is 2. The fraction of sp³-hybridized carbons (Fsp3) is 0.211. The lowest BCUT2D eigenvalue weighted by atomic mass is 10.1. The molecule has 1 N–H and O–H groups in total. The third kappa shape index (κ3) is 3.41. The molecule has 1 aliphatic rings. The first-order chi connectivity index (χ1) is 13.1. The van der Waals surface area contributed by atoms with Gasteiger partial charge in [0.25, 0.3) is 5.91 Å². The van der Waals surface area contributed by atoms with E-state index in [0.29, 0.717) is 30.0 Å². The number of hydrogen-bond acceptors (Lipinski definition) is 5. The third-order valence-corrected chi connectivity index (χ3v) is 4.49. The molecule has 1 saturated heterocycles. The number of hydrogen-bond donors (Lipinski definition) is 1. The van der Waals surface area contributed by atoms with Gasteiger partial charge in [-0.05, 0) is 47.2 Å². The van der Waals surface area contributed by atoms with Gasteiger partial charge in [-0.3, -0.25) is 9.59 Å². The molecule has 2 aromatic carbocycles. The molecule has 1 aliphatic heterocycles. The van der Waals surface area contributed by atoms with Crippen molar-refractivity contribution < 1.29 is 9.59 Å². The van der Waals surface area contributed by atoms with E-state index in [1.54, 1.807) is 40.9 Å². The Balaban J connectivity index is 1.55. The second-order valence-electron chi connectivity index (χ2n) is 6.36. The second-order valence-corrected chi connectivity index (χ2v) is 6.36. The molecule has 2 amide bonds. The first-order valence-electron chi connectivity index (χ1n) is 8.66. The van der Waals surface area contributed by atoms with Crippen molar-refractivity contribution in [1.82, 2.24) is 20.2 Å². The van der Waals surface area contributed by atoms with E-state index in [4.69, 9.17) is 0 Å². The Morgan fingerprint density at radius 3 is 2.74 bits per heavy atom. The van der Waals surface area contributed by atoms with Crippen LogP contribution in [0.15, 0.2) is 48.5 Å². The maximum atomic E-state index is 12.7. The fourth-order valence-corrected chi connectivity index (χ4v) is 3.15. The summed E-state index contributed by atoms with van der Waals surface area (Å²) in [5.74, 6) is 0.468. The van der Waals surface area contributed by atoms with E-state index in [-0.39, 0.29) is 11.8 Å². The van der Waals surface area contributed by atoms with Gasteiger partial charge in [0, 0.05) is 42.5 Å². The standard InChI is InChI=1S/C19H18N6O2/c1-24-18(21-22-23-24)13-5-2-7-15(11-13)20-19(27)14-6-3-8-16(12-14)25-10-4-9-17(25)26/h2-3,5-8,11-12H,4,9-10H2,1H3,(H,20,27). The average molecular weight is 362 g/mol. The maximum Gasteiger partial charge on any atom is 0.255 e. The van der Waals surface area contributed by atoms with Crippen molar-refractivity contribution in [3.05, 3.63) is 54.1 Å². The molecule has 0 aliphatic carbocycles. The van der Waals surface area contributed by atoms with Gasteiger partial charge in [-0.15, -0.1) is 5.10 Å². The summed E-state index contributed by atoms with van der Waals surface area (Å²) < 4.78 is 1.57. The number of nitrogens with zero attached hydrogens (tertiary/aromatic N) is 5. The van der Waals surface area contributed by atoms with Crippen LogP contribution in [0.4, 0.5) is 11.4 Å². The van der Waals surface area contributed by atoms with Crippen molar-refractivity contribution >= 4 is 23.2 Å². The highest BCUT2D eigenvalue weighted by Gasteiger charge is 2.22. The van der Waals surface area contributed by atoms with Gasteiger partial charge >= 0.3 is 0 Å². The molecule has 3 aromatic rings. The minimum Gasteiger partial charge on any atom is -0.322 e. The normalized spacial score (nSPS) is 13.8. The monoisotopic (exact) mass is 362 g/mol. The predicted molar refractivity (Wildman–Crippen MR) is 100 cm³/mol. The molecule has 4 rings (SSSR count). The molecule has 0 spiro atoms. The minimum atomic E-state index is -0.239. The summed E-state index contributed by atoms with van der Waals surface area (Å²) in [5, 5.41) is 14.3. The van der Waals surface area contributed by atoms with Gasteiger partial charge in [0.2, 0.25) is 5.91 Å². The summed E-state index contributed by atoms with van der Waals surface area (Å²) in [5.41, 5.74) is 2.70. The van der Waals surface area contributed by atoms with Crippen LogP contribution in [-0.4, -0.2) is 38.6 Å². The van der Waals surface area contributed by atoms with Gasteiger partial charge in [0.05, 0.1) is 0 Å². The third-order valence-electron chi connectivity index (χ3n) is 4.49. The summed E-state index contributed by atoms with van der Waals surface area (Å²) in [6.45, 7) is 0.692. The van der Waals surface area contributed by atoms with Gasteiger partial charge in [-0.1, -0.05) is 18.2 Å². The van der Waals surface area contributed by atoms with Crippen LogP contribution in [0.2, 0.25) is 0 Å². The first-order valence-corrected chi connectivity index (χ1v) is 8.66. The zero-order valence-electron chi connectivity index (χ0n) is 14.8. The van der Waals surface area contributed by atoms with Crippen LogP contribution in [0, 0.1) is 0 Å². The van der Waals surface area contributed by atoms with Gasteiger partial charge in [-0.25, -0.2) is 4.68 Å². The molecule has 27 heavy (non-hydrogen) atoms. The summed E-state index contributed by atoms with van der Waals surface area (Å²) in [4.78, 5) is 26.3. The number of tetrazole rings is 1. The van der Waals surface area contributed by atoms with Crippen molar-refractivity contribution in [2.75, 3.05) is 16.8 Å². The number of nitrogens with one attached hydrogen (secondary N) is 1. The predicted octanol–water partition coefficient (Wildman–Crippen LogP) is 2.26. The van der Waals surface area contributed by atoms with Crippen molar-refractivity contribution in [1.29, 1.82) is 0 Å². The average Bonchev–Trinajstić information content (AvgIpc) is 3.30. The lowest BCUT2D eigenvalue weighted by Crippen LogP contribution is -2.24. The number of anilines is 2. The molecule has 0 unspecified atom stereocenters. The fourth-order valence-electron chi connectivity index (χ4n) is 3.15. The van der Waals surface area contributed by atoms with Crippen LogP contribution in [0.25, 0.3) is 11.4 Å². The van der Waals surface area contributed by atoms with E-state index >= 15 is 0 Å². The highest BCUT2D eigenvalue weighted by atomic mass is 16.2. The van der Waals surface area contributed by atoms with Gasteiger partial charge in [0.1, 0.15) is 0 Å². The molecule has 8 nitrogen and oxygen atoms in total. The quantitative estimate of drug-likeness (QED) is 0.768. The van der Waals surface area contributed by atoms with Crippen LogP contribution >= 0.6 is 0 Å². The van der Waals surface area contributed by atoms with E-state index in [2.05, 4.69) is 20.8 Å². The molecule has 0 bridgehead atoms. The summed E-state index contributed by atoms with van der Waals surface area (Å²) in [6, 6.07) is 14.4. The van der Waals surface area contributed by atoms with Crippen molar-refractivity contribution in [2.24, 2.45) is 7.05 Å². The molecule has 0 atom stereocenters. The van der Waals surface area contributed by atoms with Crippen LogP contribution in [-0.2, 0) is 11.8 Å². The number of amides is 2. The zero-order valence-corrected chi connectivity index (χ0v) is 14.8. The molecule has 8 heteroatoms. The van der Waals surface area contributed by atoms with Crippen molar-refractivity contribution in [3.8, 4) is 11.4 Å². The Morgan fingerprint density at radius 1 is 1.15 bits per heavy atom. The van der Waals surface area contributed by atoms with Crippen LogP contribution < -0.4 is 10.2 Å². The lowest BCUT2D eigenvalue weighted by molar-refractivity contribution is -0.117. The number of rotatable bonds is 4. The van der Waals surface area contributed by atoms with Crippen LogP contribution in [0.5, 0.6) is 0 Å². The Hall–Kier alpha value is -3.55. The smallest absolute Gasteiger partial charge is 0.255 e. The minimum absolute atomic E-state index is 0.0949. The number of aryl methyl sites for hydroxylation is 1. The van der Waals surface area contributed by atoms with Crippen molar-refractivity contribution in [3.63, 3.8) is 0 Å². The Labute approximate surface area is 155 Å². The van der Waals surface area contributed by atoms with Crippen molar-refractivity contribution in [2.45, 2.75) is 12.8 Å². The molecule has 136 valence electrons. The highest BCUT2D eigenvalue weighted by molar-refractivity contribution is 6.06. The van der Waals surface area contributed by atoms with E-state index in [1.807, 2.05) is 24.3 Å². The summed E-state index contributed by atoms with van der Waals surface area (Å²) in [7, 11) is 1.76. The van der Waals surface area contributed by atoms with Gasteiger partial charge < -0.3 is 10.2 Å². The molecular formula is C19H18N6O2. The largest absolute Gasteiger partial charge is 0.322 e.